The van der Waals surface area contributed by atoms with E-state index in [1.807, 2.05) is 13.8 Å². The van der Waals surface area contributed by atoms with Crippen LogP contribution in [0.2, 0.25) is 0 Å². The first-order valence-corrected chi connectivity index (χ1v) is 7.72. The van der Waals surface area contributed by atoms with Crippen molar-refractivity contribution in [1.82, 2.24) is 19.5 Å². The van der Waals surface area contributed by atoms with Crippen molar-refractivity contribution < 1.29 is 14.6 Å². The minimum absolute atomic E-state index is 0.309. The van der Waals surface area contributed by atoms with Crippen molar-refractivity contribution in [2.24, 2.45) is 0 Å². The number of nitrogens with zero attached hydrogens (tertiary/aromatic N) is 4. The summed E-state index contributed by atoms with van der Waals surface area (Å²) in [4.78, 5) is 12.6. The Hall–Kier alpha value is -1.42. The van der Waals surface area contributed by atoms with Crippen LogP contribution >= 0.6 is 12.6 Å². The number of imidazole rings is 1. The van der Waals surface area contributed by atoms with Gasteiger partial charge in [-0.3, -0.25) is 4.57 Å². The molecule has 1 aliphatic rings. The second-order valence-corrected chi connectivity index (χ2v) is 5.48. The van der Waals surface area contributed by atoms with Crippen LogP contribution < -0.4 is 5.73 Å². The van der Waals surface area contributed by atoms with Crippen molar-refractivity contribution in [1.29, 1.82) is 0 Å². The van der Waals surface area contributed by atoms with Crippen LogP contribution in [0, 0.1) is 6.92 Å². The average molecular weight is 325 g/mol. The van der Waals surface area contributed by atoms with Crippen molar-refractivity contribution in [3.63, 3.8) is 0 Å². The van der Waals surface area contributed by atoms with E-state index >= 15 is 0 Å². The van der Waals surface area contributed by atoms with Crippen molar-refractivity contribution >= 4 is 29.6 Å². The van der Waals surface area contributed by atoms with Gasteiger partial charge in [0.15, 0.2) is 23.2 Å². The lowest BCUT2D eigenvalue weighted by Crippen LogP contribution is -2.35. The molecule has 0 radical (unpaired) electrons. The van der Waals surface area contributed by atoms with Gasteiger partial charge in [0.05, 0.1) is 6.10 Å². The summed E-state index contributed by atoms with van der Waals surface area (Å²) in [6.07, 6.45) is -0.854. The lowest BCUT2D eigenvalue weighted by molar-refractivity contribution is -0.0627. The normalized spacial score (nSPS) is 28.5. The van der Waals surface area contributed by atoms with Crippen LogP contribution in [0.15, 0.2) is 6.33 Å². The van der Waals surface area contributed by atoms with Crippen molar-refractivity contribution in [3.05, 3.63) is 12.2 Å². The third-order valence-electron chi connectivity index (χ3n) is 3.79. The van der Waals surface area contributed by atoms with Gasteiger partial charge in [0.2, 0.25) is 0 Å². The highest BCUT2D eigenvalue weighted by molar-refractivity contribution is 7.80. The molecule has 1 aliphatic heterocycles. The monoisotopic (exact) mass is 325 g/mol. The fraction of sp³-hybridized carbons (Fsp3) is 0.615. The number of thiol groups is 1. The van der Waals surface area contributed by atoms with Gasteiger partial charge < -0.3 is 20.3 Å². The van der Waals surface area contributed by atoms with Crippen LogP contribution in [0.5, 0.6) is 0 Å². The highest BCUT2D eigenvalue weighted by atomic mass is 32.1. The third-order valence-corrected chi connectivity index (χ3v) is 4.15. The first-order chi connectivity index (χ1) is 10.6. The maximum absolute atomic E-state index is 10.4. The molecule has 3 heterocycles. The Kier molecular flexibility index (Phi) is 4.22. The van der Waals surface area contributed by atoms with Gasteiger partial charge in [0.25, 0.3) is 0 Å². The van der Waals surface area contributed by atoms with E-state index in [2.05, 4.69) is 27.6 Å². The van der Waals surface area contributed by atoms with Gasteiger partial charge in [-0.25, -0.2) is 15.0 Å². The van der Waals surface area contributed by atoms with Crippen LogP contribution in [0.3, 0.4) is 0 Å². The SMILES string of the molecule is CCO[C@@H]1[C@H](O)[C@@H](CS)O[C@H]1n1c(C)nc2c(N)ncnc21. The number of rotatable bonds is 4. The molecular weight excluding hydrogens is 306 g/mol. The first kappa shape index (κ1) is 15.5. The topological polar surface area (TPSA) is 108 Å². The number of anilines is 1. The van der Waals surface area contributed by atoms with Gasteiger partial charge in [-0.05, 0) is 13.8 Å². The molecule has 0 unspecified atom stereocenters. The summed E-state index contributed by atoms with van der Waals surface area (Å²) in [5, 5.41) is 10.4. The number of ether oxygens (including phenoxy) is 2. The predicted octanol–water partition coefficient (Wildman–Crippen LogP) is 0.310. The van der Waals surface area contributed by atoms with E-state index in [-0.39, 0.29) is 0 Å². The second kappa shape index (κ2) is 5.99. The minimum Gasteiger partial charge on any atom is -0.387 e. The number of hydrogen-bond donors (Lipinski definition) is 3. The Morgan fingerprint density at radius 3 is 2.95 bits per heavy atom. The molecule has 22 heavy (non-hydrogen) atoms. The van der Waals surface area contributed by atoms with Gasteiger partial charge in [-0.15, -0.1) is 0 Å². The van der Waals surface area contributed by atoms with E-state index in [0.717, 1.165) is 0 Å². The van der Waals surface area contributed by atoms with E-state index in [0.29, 0.717) is 35.2 Å². The Balaban J connectivity index is 2.09. The van der Waals surface area contributed by atoms with Crippen LogP contribution in [0.1, 0.15) is 19.0 Å². The molecule has 4 atom stereocenters. The maximum atomic E-state index is 10.4. The quantitative estimate of drug-likeness (QED) is 0.694. The Labute approximate surface area is 133 Å². The number of aromatic nitrogens is 4. The minimum atomic E-state index is -0.765. The van der Waals surface area contributed by atoms with Gasteiger partial charge in [0.1, 0.15) is 24.4 Å². The molecular formula is C13H19N5O3S. The van der Waals surface area contributed by atoms with E-state index in [1.165, 1.54) is 6.33 Å². The number of nitrogen functional groups attached to an aromatic ring is 1. The third kappa shape index (κ3) is 2.34. The molecule has 0 bridgehead atoms. The molecule has 0 amide bonds. The average Bonchev–Trinajstić information content (AvgIpc) is 2.98. The van der Waals surface area contributed by atoms with E-state index in [4.69, 9.17) is 15.2 Å². The first-order valence-electron chi connectivity index (χ1n) is 7.09. The standard InChI is InChI=1S/C13H19N5O3S/c1-3-20-10-9(19)7(4-22)21-13(10)18-6(2)17-8-11(14)15-5-16-12(8)18/h5,7,9-10,13,19,22H,3-4H2,1-2H3,(H2,14,15,16)/t7-,9-,10-,13-/m1/s1. The smallest absolute Gasteiger partial charge is 0.167 e. The fourth-order valence-electron chi connectivity index (χ4n) is 2.79. The van der Waals surface area contributed by atoms with Crippen LogP contribution in [0.4, 0.5) is 5.82 Å². The van der Waals surface area contributed by atoms with Crippen molar-refractivity contribution in [2.45, 2.75) is 38.4 Å². The van der Waals surface area contributed by atoms with Crippen LogP contribution in [-0.2, 0) is 9.47 Å². The second-order valence-electron chi connectivity index (χ2n) is 5.12. The zero-order valence-corrected chi connectivity index (χ0v) is 13.3. The summed E-state index contributed by atoms with van der Waals surface area (Å²) in [7, 11) is 0. The van der Waals surface area contributed by atoms with Crippen molar-refractivity contribution in [2.75, 3.05) is 18.1 Å². The molecule has 0 spiro atoms. The molecule has 0 aromatic carbocycles. The summed E-state index contributed by atoms with van der Waals surface area (Å²) in [5.41, 5.74) is 6.93. The maximum Gasteiger partial charge on any atom is 0.167 e. The Bertz CT molecular complexity index is 679. The Morgan fingerprint density at radius 1 is 1.50 bits per heavy atom. The molecule has 2 aromatic heterocycles. The molecule has 0 saturated carbocycles. The summed E-state index contributed by atoms with van der Waals surface area (Å²) < 4.78 is 13.4. The molecule has 8 nitrogen and oxygen atoms in total. The number of nitrogens with two attached hydrogens (primary N) is 1. The lowest BCUT2D eigenvalue weighted by Gasteiger charge is -2.22. The van der Waals surface area contributed by atoms with Crippen LogP contribution in [-0.4, -0.2) is 55.3 Å². The molecule has 1 fully saturated rings. The summed E-state index contributed by atoms with van der Waals surface area (Å²) in [5.74, 6) is 1.37. The van der Waals surface area contributed by atoms with Gasteiger partial charge in [-0.1, -0.05) is 0 Å². The molecule has 3 rings (SSSR count). The predicted molar refractivity (Wildman–Crippen MR) is 83.7 cm³/mol. The zero-order chi connectivity index (χ0) is 15.9. The summed E-state index contributed by atoms with van der Waals surface area (Å²) in [6.45, 7) is 4.16. The molecule has 3 N–H and O–H groups in total. The van der Waals surface area contributed by atoms with Crippen molar-refractivity contribution in [3.8, 4) is 0 Å². The zero-order valence-electron chi connectivity index (χ0n) is 12.4. The molecule has 9 heteroatoms. The van der Waals surface area contributed by atoms with Gasteiger partial charge >= 0.3 is 0 Å². The molecule has 0 aliphatic carbocycles. The highest BCUT2D eigenvalue weighted by Crippen LogP contribution is 2.35. The summed E-state index contributed by atoms with van der Waals surface area (Å²) in [6, 6.07) is 0. The molecule has 2 aromatic rings. The van der Waals surface area contributed by atoms with Gasteiger partial charge in [0, 0.05) is 12.4 Å². The molecule has 120 valence electrons. The fourth-order valence-corrected chi connectivity index (χ4v) is 3.09. The number of aliphatic hydroxyl groups excluding tert-OH is 1. The largest absolute Gasteiger partial charge is 0.387 e. The Morgan fingerprint density at radius 2 is 2.27 bits per heavy atom. The highest BCUT2D eigenvalue weighted by Gasteiger charge is 2.45. The van der Waals surface area contributed by atoms with E-state index in [1.54, 1.807) is 4.57 Å². The summed E-state index contributed by atoms with van der Waals surface area (Å²) >= 11 is 4.23. The lowest BCUT2D eigenvalue weighted by atomic mass is 10.1. The van der Waals surface area contributed by atoms with Crippen LogP contribution in [0.25, 0.3) is 11.2 Å². The van der Waals surface area contributed by atoms with E-state index < -0.39 is 24.5 Å². The number of fused-ring (bicyclic) bond motifs is 1. The number of hydrogen-bond acceptors (Lipinski definition) is 8. The number of aryl methyl sites for hydroxylation is 1. The van der Waals surface area contributed by atoms with E-state index in [9.17, 15) is 5.11 Å². The van der Waals surface area contributed by atoms with Gasteiger partial charge in [-0.2, -0.15) is 12.6 Å². The number of aliphatic hydroxyl groups is 1. The molecule has 1 saturated heterocycles.